The number of thioether (sulfide) groups is 1. The zero-order chi connectivity index (χ0) is 8.69. The minimum atomic E-state index is 0.532. The van der Waals surface area contributed by atoms with E-state index in [2.05, 4.69) is 20.8 Å². The fourth-order valence-corrected chi connectivity index (χ4v) is 1.72. The standard InChI is InChI=1S/C8H16OS2/c1-4-5-6-9-8(10)11-7(2)3/h7H,4-6H2,1-3H3. The summed E-state index contributed by atoms with van der Waals surface area (Å²) in [6.07, 6.45) is 2.26. The highest BCUT2D eigenvalue weighted by atomic mass is 32.2. The van der Waals surface area contributed by atoms with Crippen molar-refractivity contribution in [3.8, 4) is 0 Å². The summed E-state index contributed by atoms with van der Waals surface area (Å²) in [4.78, 5) is 0. The van der Waals surface area contributed by atoms with E-state index in [4.69, 9.17) is 17.0 Å². The van der Waals surface area contributed by atoms with Crippen LogP contribution < -0.4 is 0 Å². The lowest BCUT2D eigenvalue weighted by Crippen LogP contribution is -2.02. The number of unbranched alkanes of at least 4 members (excludes halogenated alkanes) is 1. The second kappa shape index (κ2) is 6.92. The topological polar surface area (TPSA) is 9.23 Å². The lowest BCUT2D eigenvalue weighted by atomic mass is 10.4. The van der Waals surface area contributed by atoms with Gasteiger partial charge in [-0.2, -0.15) is 0 Å². The second-order valence-electron chi connectivity index (χ2n) is 2.62. The molecule has 0 spiro atoms. The maximum Gasteiger partial charge on any atom is 0.220 e. The summed E-state index contributed by atoms with van der Waals surface area (Å²) in [6, 6.07) is 0. The van der Waals surface area contributed by atoms with Gasteiger partial charge >= 0.3 is 0 Å². The molecule has 0 heterocycles. The molecule has 3 heteroatoms. The second-order valence-corrected chi connectivity index (χ2v) is 4.80. The Morgan fingerprint density at radius 2 is 2.18 bits per heavy atom. The van der Waals surface area contributed by atoms with Crippen LogP contribution >= 0.6 is 24.0 Å². The molecule has 0 fully saturated rings. The molecule has 0 aromatic carbocycles. The predicted molar refractivity (Wildman–Crippen MR) is 56.2 cm³/mol. The van der Waals surface area contributed by atoms with Gasteiger partial charge in [0.05, 0.1) is 6.61 Å². The first-order valence-electron chi connectivity index (χ1n) is 4.00. The minimum absolute atomic E-state index is 0.532. The molecule has 0 aliphatic rings. The van der Waals surface area contributed by atoms with E-state index in [0.29, 0.717) is 9.63 Å². The largest absolute Gasteiger partial charge is 0.479 e. The summed E-state index contributed by atoms with van der Waals surface area (Å²) in [5.74, 6) is 0. The Bertz CT molecular complexity index is 113. The first kappa shape index (κ1) is 11.2. The van der Waals surface area contributed by atoms with Crippen LogP contribution in [0.25, 0.3) is 0 Å². The average molecular weight is 192 g/mol. The third-order valence-electron chi connectivity index (χ3n) is 1.05. The van der Waals surface area contributed by atoms with Crippen molar-refractivity contribution in [1.29, 1.82) is 0 Å². The first-order valence-corrected chi connectivity index (χ1v) is 5.29. The van der Waals surface area contributed by atoms with Gasteiger partial charge in [0.1, 0.15) is 0 Å². The summed E-state index contributed by atoms with van der Waals surface area (Å²) >= 11 is 6.60. The van der Waals surface area contributed by atoms with Gasteiger partial charge in [-0.1, -0.05) is 39.0 Å². The van der Waals surface area contributed by atoms with Crippen molar-refractivity contribution < 1.29 is 4.74 Å². The fraction of sp³-hybridized carbons (Fsp3) is 0.875. The molecule has 0 aliphatic heterocycles. The third kappa shape index (κ3) is 8.14. The number of thiocarbonyl (C=S) groups is 1. The minimum Gasteiger partial charge on any atom is -0.479 e. The maximum atomic E-state index is 5.29. The molecule has 0 rings (SSSR count). The molecule has 0 saturated carbocycles. The molecular formula is C8H16OS2. The van der Waals surface area contributed by atoms with E-state index in [1.807, 2.05) is 0 Å². The number of hydrogen-bond acceptors (Lipinski definition) is 3. The number of hydrogen-bond donors (Lipinski definition) is 0. The van der Waals surface area contributed by atoms with Crippen molar-refractivity contribution in [2.75, 3.05) is 6.61 Å². The Morgan fingerprint density at radius 3 is 2.64 bits per heavy atom. The maximum absolute atomic E-state index is 5.29. The Kier molecular flexibility index (Phi) is 7.07. The van der Waals surface area contributed by atoms with Crippen molar-refractivity contribution in [1.82, 2.24) is 0 Å². The zero-order valence-electron chi connectivity index (χ0n) is 7.42. The van der Waals surface area contributed by atoms with Crippen LogP contribution in [0.5, 0.6) is 0 Å². The van der Waals surface area contributed by atoms with Gasteiger partial charge in [0, 0.05) is 5.25 Å². The lowest BCUT2D eigenvalue weighted by Gasteiger charge is -2.07. The predicted octanol–water partition coefficient (Wildman–Crippen LogP) is 3.23. The van der Waals surface area contributed by atoms with Gasteiger partial charge in [-0.25, -0.2) is 0 Å². The highest BCUT2D eigenvalue weighted by molar-refractivity contribution is 8.22. The van der Waals surface area contributed by atoms with E-state index in [9.17, 15) is 0 Å². The number of rotatable bonds is 4. The van der Waals surface area contributed by atoms with Gasteiger partial charge < -0.3 is 4.74 Å². The molecule has 0 aliphatic carbocycles. The molecule has 0 radical (unpaired) electrons. The zero-order valence-corrected chi connectivity index (χ0v) is 9.06. The molecule has 0 saturated heterocycles. The summed E-state index contributed by atoms with van der Waals surface area (Å²) in [5.41, 5.74) is 0. The number of ether oxygens (including phenoxy) is 1. The Hall–Kier alpha value is 0.240. The van der Waals surface area contributed by atoms with Crippen molar-refractivity contribution in [2.45, 2.75) is 38.9 Å². The van der Waals surface area contributed by atoms with Crippen LogP contribution in [0.15, 0.2) is 0 Å². The smallest absolute Gasteiger partial charge is 0.220 e. The Balaban J connectivity index is 3.23. The molecule has 0 unspecified atom stereocenters. The van der Waals surface area contributed by atoms with Crippen LogP contribution in [0.1, 0.15) is 33.6 Å². The van der Waals surface area contributed by atoms with Crippen LogP contribution in [-0.2, 0) is 4.74 Å². The van der Waals surface area contributed by atoms with Gasteiger partial charge in [0.2, 0.25) is 4.38 Å². The van der Waals surface area contributed by atoms with Crippen LogP contribution in [0.2, 0.25) is 0 Å². The van der Waals surface area contributed by atoms with Crippen LogP contribution in [0.3, 0.4) is 0 Å². The first-order chi connectivity index (χ1) is 5.16. The summed E-state index contributed by atoms with van der Waals surface area (Å²) in [6.45, 7) is 7.14. The molecule has 11 heavy (non-hydrogen) atoms. The Labute approximate surface area is 78.9 Å². The van der Waals surface area contributed by atoms with Gasteiger partial charge in [-0.05, 0) is 18.6 Å². The molecule has 0 amide bonds. The highest BCUT2D eigenvalue weighted by Crippen LogP contribution is 2.12. The average Bonchev–Trinajstić information content (AvgIpc) is 1.86. The summed E-state index contributed by atoms with van der Waals surface area (Å²) in [5, 5.41) is 0.532. The van der Waals surface area contributed by atoms with Gasteiger partial charge in [-0.3, -0.25) is 0 Å². The molecular weight excluding hydrogens is 176 g/mol. The van der Waals surface area contributed by atoms with E-state index < -0.39 is 0 Å². The van der Waals surface area contributed by atoms with Crippen LogP contribution in [0.4, 0.5) is 0 Å². The van der Waals surface area contributed by atoms with Crippen molar-refractivity contribution in [2.24, 2.45) is 0 Å². The SMILES string of the molecule is CCCCOC(=S)SC(C)C. The van der Waals surface area contributed by atoms with E-state index in [0.717, 1.165) is 19.4 Å². The van der Waals surface area contributed by atoms with E-state index >= 15 is 0 Å². The molecule has 0 N–H and O–H groups in total. The van der Waals surface area contributed by atoms with Crippen LogP contribution in [0, 0.1) is 0 Å². The molecule has 0 bridgehead atoms. The van der Waals surface area contributed by atoms with Gasteiger partial charge in [-0.15, -0.1) is 0 Å². The van der Waals surface area contributed by atoms with Gasteiger partial charge in [0.15, 0.2) is 0 Å². The molecule has 0 aromatic heterocycles. The Morgan fingerprint density at radius 1 is 1.55 bits per heavy atom. The molecule has 66 valence electrons. The highest BCUT2D eigenvalue weighted by Gasteiger charge is 2.00. The van der Waals surface area contributed by atoms with Crippen molar-refractivity contribution in [3.63, 3.8) is 0 Å². The van der Waals surface area contributed by atoms with E-state index in [-0.39, 0.29) is 0 Å². The monoisotopic (exact) mass is 192 g/mol. The molecule has 0 aromatic rings. The lowest BCUT2D eigenvalue weighted by molar-refractivity contribution is 0.313. The molecule has 1 nitrogen and oxygen atoms in total. The fourth-order valence-electron chi connectivity index (χ4n) is 0.526. The van der Waals surface area contributed by atoms with Crippen molar-refractivity contribution in [3.05, 3.63) is 0 Å². The third-order valence-corrected chi connectivity index (χ3v) is 2.24. The van der Waals surface area contributed by atoms with Gasteiger partial charge in [0.25, 0.3) is 0 Å². The van der Waals surface area contributed by atoms with Crippen LogP contribution in [-0.4, -0.2) is 16.2 Å². The van der Waals surface area contributed by atoms with E-state index in [1.54, 1.807) is 11.8 Å². The van der Waals surface area contributed by atoms with Crippen molar-refractivity contribution >= 4 is 28.4 Å². The summed E-state index contributed by atoms with van der Waals surface area (Å²) in [7, 11) is 0. The quantitative estimate of drug-likeness (QED) is 0.500. The molecule has 0 atom stereocenters. The summed E-state index contributed by atoms with van der Waals surface area (Å²) < 4.78 is 5.98. The normalized spacial score (nSPS) is 10.2. The van der Waals surface area contributed by atoms with E-state index in [1.165, 1.54) is 0 Å².